The second-order valence-corrected chi connectivity index (χ2v) is 26.7. The second kappa shape index (κ2) is 73.8. The molecule has 0 fully saturated rings. The SMILES string of the molecule is CCCCCCCC/C=C\CCCCCCCCCC(=O)OCCCCCCCCCCCCCCCCCCCCCCCCCCCCCCCCCCCCCC(=O)NC(CO)C(O)/C=C/CCCCCCCCCCCCCCC. The van der Waals surface area contributed by atoms with Gasteiger partial charge in [-0.15, -0.1) is 0 Å². The van der Waals surface area contributed by atoms with E-state index in [1.165, 1.54) is 372 Å². The Bertz CT molecular complexity index is 1320. The molecule has 84 heavy (non-hydrogen) atoms. The van der Waals surface area contributed by atoms with Crippen molar-refractivity contribution >= 4 is 11.9 Å². The van der Waals surface area contributed by atoms with Crippen molar-refractivity contribution in [3.05, 3.63) is 24.3 Å². The van der Waals surface area contributed by atoms with Gasteiger partial charge in [-0.05, 0) is 57.8 Å². The first-order chi connectivity index (χ1) is 41.5. The average molecular weight is 1180 g/mol. The second-order valence-electron chi connectivity index (χ2n) is 26.7. The summed E-state index contributed by atoms with van der Waals surface area (Å²) >= 11 is 0. The molecule has 0 aliphatic heterocycles. The molecule has 0 aliphatic carbocycles. The van der Waals surface area contributed by atoms with E-state index in [9.17, 15) is 19.8 Å². The normalized spacial score (nSPS) is 12.6. The summed E-state index contributed by atoms with van der Waals surface area (Å²) in [4.78, 5) is 24.6. The van der Waals surface area contributed by atoms with E-state index in [-0.39, 0.29) is 18.5 Å². The van der Waals surface area contributed by atoms with Gasteiger partial charge in [0.1, 0.15) is 0 Å². The molecule has 0 bridgehead atoms. The number of aliphatic hydroxyl groups is 2. The highest BCUT2D eigenvalue weighted by Crippen LogP contribution is 2.20. The maximum absolute atomic E-state index is 12.5. The molecule has 0 aromatic rings. The number of unbranched alkanes of at least 4 members (excludes halogenated alkanes) is 60. The van der Waals surface area contributed by atoms with Gasteiger partial charge in [0.2, 0.25) is 5.91 Å². The molecular weight excluding hydrogens is 1030 g/mol. The molecule has 0 heterocycles. The maximum atomic E-state index is 12.5. The summed E-state index contributed by atoms with van der Waals surface area (Å²) < 4.78 is 5.51. The van der Waals surface area contributed by atoms with Crippen LogP contribution < -0.4 is 5.32 Å². The number of aliphatic hydroxyl groups excluding tert-OH is 2. The number of ether oxygens (including phenoxy) is 1. The van der Waals surface area contributed by atoms with Gasteiger partial charge in [-0.25, -0.2) is 0 Å². The molecule has 2 atom stereocenters. The highest BCUT2D eigenvalue weighted by molar-refractivity contribution is 5.76. The quantitative estimate of drug-likeness (QED) is 0.0320. The van der Waals surface area contributed by atoms with Crippen LogP contribution in [0.1, 0.15) is 438 Å². The van der Waals surface area contributed by atoms with Crippen molar-refractivity contribution < 1.29 is 24.5 Å². The Kier molecular flexibility index (Phi) is 72.3. The van der Waals surface area contributed by atoms with Crippen LogP contribution in [-0.2, 0) is 14.3 Å². The summed E-state index contributed by atoms with van der Waals surface area (Å²) in [6, 6.07) is -0.623. The molecule has 2 unspecified atom stereocenters. The zero-order chi connectivity index (χ0) is 60.6. The number of nitrogens with one attached hydrogen (secondary N) is 1. The van der Waals surface area contributed by atoms with E-state index in [0.717, 1.165) is 38.5 Å². The van der Waals surface area contributed by atoms with Crippen LogP contribution >= 0.6 is 0 Å². The molecular formula is C78H151NO5. The van der Waals surface area contributed by atoms with Gasteiger partial charge in [0.25, 0.3) is 0 Å². The number of esters is 1. The first-order valence-corrected chi connectivity index (χ1v) is 38.6. The van der Waals surface area contributed by atoms with Gasteiger partial charge < -0.3 is 20.3 Å². The molecule has 1 amide bonds. The van der Waals surface area contributed by atoms with Crippen molar-refractivity contribution in [2.45, 2.75) is 450 Å². The Hall–Kier alpha value is -1.66. The summed E-state index contributed by atoms with van der Waals surface area (Å²) in [5.41, 5.74) is 0. The molecule has 0 spiro atoms. The topological polar surface area (TPSA) is 95.9 Å². The highest BCUT2D eigenvalue weighted by atomic mass is 16.5. The Morgan fingerprint density at radius 2 is 0.560 bits per heavy atom. The van der Waals surface area contributed by atoms with Crippen LogP contribution in [0.2, 0.25) is 0 Å². The Morgan fingerprint density at radius 3 is 0.845 bits per heavy atom. The molecule has 0 aliphatic rings. The molecule has 0 radical (unpaired) electrons. The number of rotatable bonds is 73. The van der Waals surface area contributed by atoms with E-state index in [1.807, 2.05) is 6.08 Å². The molecule has 6 heteroatoms. The van der Waals surface area contributed by atoms with Crippen LogP contribution in [0.15, 0.2) is 24.3 Å². The van der Waals surface area contributed by atoms with Gasteiger partial charge in [0.15, 0.2) is 0 Å². The van der Waals surface area contributed by atoms with Gasteiger partial charge in [0, 0.05) is 12.8 Å². The van der Waals surface area contributed by atoms with Crippen LogP contribution in [0.4, 0.5) is 0 Å². The van der Waals surface area contributed by atoms with Crippen LogP contribution in [0.3, 0.4) is 0 Å². The Morgan fingerprint density at radius 1 is 0.321 bits per heavy atom. The van der Waals surface area contributed by atoms with Crippen LogP contribution in [0.25, 0.3) is 0 Å². The molecule has 0 saturated heterocycles. The lowest BCUT2D eigenvalue weighted by Crippen LogP contribution is -2.45. The molecule has 6 nitrogen and oxygen atoms in total. The van der Waals surface area contributed by atoms with E-state index in [2.05, 4.69) is 31.3 Å². The highest BCUT2D eigenvalue weighted by Gasteiger charge is 2.18. The maximum Gasteiger partial charge on any atom is 0.305 e. The standard InChI is InChI=1S/C78H151NO5/c1-3-5-7-9-11-13-15-17-19-39-44-48-52-56-60-64-68-72-78(83)84-73-69-65-61-57-53-49-45-41-38-36-34-32-30-28-26-24-22-20-21-23-25-27-29-31-33-35-37-40-43-47-51-55-59-63-67-71-77(82)79-75(74-80)76(81)70-66-62-58-54-50-46-42-18-16-14-12-10-8-6-4-2/h17,19,66,70,75-76,80-81H,3-16,18,20-65,67-69,71-74H2,1-2H3,(H,79,82)/b19-17-,70-66+. The summed E-state index contributed by atoms with van der Waals surface area (Å²) in [6.07, 6.45) is 94.4. The molecule has 0 rings (SSSR count). The molecule has 0 aromatic carbocycles. The number of hydrogen-bond acceptors (Lipinski definition) is 5. The summed E-state index contributed by atoms with van der Waals surface area (Å²) in [7, 11) is 0. The molecule has 0 aromatic heterocycles. The van der Waals surface area contributed by atoms with E-state index < -0.39 is 12.1 Å². The number of amides is 1. The fourth-order valence-corrected chi connectivity index (χ4v) is 12.3. The lowest BCUT2D eigenvalue weighted by molar-refractivity contribution is -0.143. The van der Waals surface area contributed by atoms with Crippen LogP contribution in [0, 0.1) is 0 Å². The first-order valence-electron chi connectivity index (χ1n) is 38.6. The van der Waals surface area contributed by atoms with Gasteiger partial charge in [-0.2, -0.15) is 0 Å². The van der Waals surface area contributed by atoms with Gasteiger partial charge in [0.05, 0.1) is 25.4 Å². The van der Waals surface area contributed by atoms with E-state index in [0.29, 0.717) is 19.4 Å². The summed E-state index contributed by atoms with van der Waals surface area (Å²) in [5.74, 6) is -0.0398. The van der Waals surface area contributed by atoms with Crippen molar-refractivity contribution in [1.82, 2.24) is 5.32 Å². The minimum atomic E-state index is -0.840. The molecule has 3 N–H and O–H groups in total. The van der Waals surface area contributed by atoms with E-state index in [4.69, 9.17) is 4.74 Å². The molecule has 498 valence electrons. The first kappa shape index (κ1) is 82.3. The Balaban J connectivity index is 3.31. The average Bonchev–Trinajstić information content (AvgIpc) is 3.53. The largest absolute Gasteiger partial charge is 0.466 e. The number of hydrogen-bond donors (Lipinski definition) is 3. The zero-order valence-corrected chi connectivity index (χ0v) is 57.2. The smallest absolute Gasteiger partial charge is 0.305 e. The lowest BCUT2D eigenvalue weighted by Gasteiger charge is -2.20. The van der Waals surface area contributed by atoms with E-state index in [1.54, 1.807) is 6.08 Å². The Labute approximate surface area is 526 Å². The minimum absolute atomic E-state index is 0.0199. The van der Waals surface area contributed by atoms with Crippen molar-refractivity contribution in [2.75, 3.05) is 13.2 Å². The van der Waals surface area contributed by atoms with Gasteiger partial charge in [-0.3, -0.25) is 9.59 Å². The summed E-state index contributed by atoms with van der Waals surface area (Å²) in [6.45, 7) is 4.94. The van der Waals surface area contributed by atoms with Crippen molar-refractivity contribution in [2.24, 2.45) is 0 Å². The minimum Gasteiger partial charge on any atom is -0.466 e. The lowest BCUT2D eigenvalue weighted by atomic mass is 10.0. The van der Waals surface area contributed by atoms with Gasteiger partial charge in [-0.1, -0.05) is 391 Å². The van der Waals surface area contributed by atoms with E-state index >= 15 is 0 Å². The molecule has 0 saturated carbocycles. The van der Waals surface area contributed by atoms with Crippen LogP contribution in [0.5, 0.6) is 0 Å². The van der Waals surface area contributed by atoms with Crippen LogP contribution in [-0.4, -0.2) is 47.4 Å². The third-order valence-corrected chi connectivity index (χ3v) is 18.2. The number of carbonyl (C=O) groups excluding carboxylic acids is 2. The third-order valence-electron chi connectivity index (χ3n) is 18.2. The summed E-state index contributed by atoms with van der Waals surface area (Å²) in [5, 5.41) is 23.2. The fraction of sp³-hybridized carbons (Fsp3) is 0.923. The van der Waals surface area contributed by atoms with Gasteiger partial charge >= 0.3 is 5.97 Å². The van der Waals surface area contributed by atoms with Crippen molar-refractivity contribution in [1.29, 1.82) is 0 Å². The monoisotopic (exact) mass is 1180 g/mol. The fourth-order valence-electron chi connectivity index (χ4n) is 12.3. The number of carbonyl (C=O) groups is 2. The third kappa shape index (κ3) is 69.4. The predicted molar refractivity (Wildman–Crippen MR) is 370 cm³/mol. The zero-order valence-electron chi connectivity index (χ0n) is 57.2. The van der Waals surface area contributed by atoms with Crippen molar-refractivity contribution in [3.8, 4) is 0 Å². The van der Waals surface area contributed by atoms with Crippen molar-refractivity contribution in [3.63, 3.8) is 0 Å². The number of allylic oxidation sites excluding steroid dienone is 3. The predicted octanol–water partition coefficient (Wildman–Crippen LogP) is 25.3.